The molecule has 2 heterocycles. The molecule has 2 N–H and O–H groups in total. The van der Waals surface area contributed by atoms with Crippen LogP contribution in [0.3, 0.4) is 0 Å². The number of morpholine rings is 1. The topological polar surface area (TPSA) is 122 Å². The van der Waals surface area contributed by atoms with Crippen LogP contribution in [0.15, 0.2) is 65.7 Å². The summed E-state index contributed by atoms with van der Waals surface area (Å²) >= 11 is 0. The van der Waals surface area contributed by atoms with E-state index in [0.29, 0.717) is 51.5 Å². The molecule has 0 bridgehead atoms. The van der Waals surface area contributed by atoms with Crippen molar-refractivity contribution < 1.29 is 23.1 Å². The normalized spacial score (nSPS) is 14.6. The maximum atomic E-state index is 12.8. The van der Waals surface area contributed by atoms with E-state index in [9.17, 15) is 18.3 Å². The highest BCUT2D eigenvalue weighted by molar-refractivity contribution is 7.89. The molecule has 1 aliphatic rings. The van der Waals surface area contributed by atoms with Crippen molar-refractivity contribution in [3.8, 4) is 0 Å². The SMILES string of the molecule is O=C(O)c1cnc(CCc2ccc(S(=O)(=O)N3CCOCC3)cc2)nc1NCc1ccccc1. The minimum Gasteiger partial charge on any atom is -0.477 e. The van der Waals surface area contributed by atoms with Crippen LogP contribution in [0.25, 0.3) is 0 Å². The van der Waals surface area contributed by atoms with Gasteiger partial charge in [0.1, 0.15) is 17.2 Å². The molecule has 1 aromatic heterocycles. The van der Waals surface area contributed by atoms with Crippen LogP contribution < -0.4 is 5.32 Å². The Labute approximate surface area is 198 Å². The van der Waals surface area contributed by atoms with Crippen molar-refractivity contribution in [2.24, 2.45) is 0 Å². The number of rotatable bonds is 9. The van der Waals surface area contributed by atoms with E-state index in [1.807, 2.05) is 30.3 Å². The summed E-state index contributed by atoms with van der Waals surface area (Å²) in [6, 6.07) is 16.4. The van der Waals surface area contributed by atoms with Crippen LogP contribution in [0.4, 0.5) is 5.82 Å². The molecular weight excluding hydrogens is 456 g/mol. The molecule has 1 fully saturated rings. The van der Waals surface area contributed by atoms with Gasteiger partial charge in [-0.3, -0.25) is 0 Å². The number of hydrogen-bond donors (Lipinski definition) is 2. The van der Waals surface area contributed by atoms with E-state index < -0.39 is 16.0 Å². The molecule has 0 atom stereocenters. The monoisotopic (exact) mass is 482 g/mol. The highest BCUT2D eigenvalue weighted by atomic mass is 32.2. The zero-order valence-corrected chi connectivity index (χ0v) is 19.4. The molecule has 34 heavy (non-hydrogen) atoms. The quantitative estimate of drug-likeness (QED) is 0.477. The third kappa shape index (κ3) is 5.77. The molecule has 0 amide bonds. The number of aryl methyl sites for hydroxylation is 2. The third-order valence-corrected chi connectivity index (χ3v) is 7.45. The number of carbonyl (C=O) groups is 1. The molecule has 1 saturated heterocycles. The van der Waals surface area contributed by atoms with Gasteiger partial charge in [-0.2, -0.15) is 4.31 Å². The molecule has 0 aliphatic carbocycles. The second-order valence-corrected chi connectivity index (χ2v) is 9.79. The fourth-order valence-electron chi connectivity index (χ4n) is 3.63. The van der Waals surface area contributed by atoms with Gasteiger partial charge in [-0.1, -0.05) is 42.5 Å². The molecule has 1 aliphatic heterocycles. The summed E-state index contributed by atoms with van der Waals surface area (Å²) < 4.78 is 32.2. The van der Waals surface area contributed by atoms with Crippen molar-refractivity contribution in [3.05, 3.63) is 83.3 Å². The standard InChI is InChI=1S/C24H26N4O5S/c29-24(30)21-17-25-22(27-23(21)26-16-19-4-2-1-3-5-19)11-8-18-6-9-20(10-7-18)34(31,32)28-12-14-33-15-13-28/h1-7,9-10,17H,8,11-16H2,(H,29,30)(H,25,26,27). The maximum absolute atomic E-state index is 12.8. The van der Waals surface area contributed by atoms with Gasteiger partial charge in [0.15, 0.2) is 0 Å². The molecular formula is C24H26N4O5S. The van der Waals surface area contributed by atoms with Gasteiger partial charge in [0.25, 0.3) is 0 Å². The van der Waals surface area contributed by atoms with Crippen LogP contribution in [0.2, 0.25) is 0 Å². The second-order valence-electron chi connectivity index (χ2n) is 7.85. The van der Waals surface area contributed by atoms with E-state index in [0.717, 1.165) is 11.1 Å². The lowest BCUT2D eigenvalue weighted by Crippen LogP contribution is -2.40. The van der Waals surface area contributed by atoms with Gasteiger partial charge in [-0.25, -0.2) is 23.2 Å². The summed E-state index contributed by atoms with van der Waals surface area (Å²) in [5, 5.41) is 12.6. The average Bonchev–Trinajstić information content (AvgIpc) is 2.87. The first kappa shape index (κ1) is 23.8. The Hall–Kier alpha value is -3.34. The highest BCUT2D eigenvalue weighted by Gasteiger charge is 2.26. The Bertz CT molecular complexity index is 1230. The van der Waals surface area contributed by atoms with Crippen molar-refractivity contribution in [1.29, 1.82) is 0 Å². The second kappa shape index (κ2) is 10.7. The van der Waals surface area contributed by atoms with Gasteiger partial charge in [0.2, 0.25) is 10.0 Å². The van der Waals surface area contributed by atoms with Gasteiger partial charge in [0, 0.05) is 32.3 Å². The lowest BCUT2D eigenvalue weighted by atomic mass is 10.1. The van der Waals surface area contributed by atoms with E-state index in [1.165, 1.54) is 10.5 Å². The number of nitrogens with one attached hydrogen (secondary N) is 1. The molecule has 0 radical (unpaired) electrons. The number of anilines is 1. The zero-order chi connectivity index (χ0) is 24.0. The van der Waals surface area contributed by atoms with E-state index in [1.54, 1.807) is 24.3 Å². The maximum Gasteiger partial charge on any atom is 0.341 e. The number of nitrogens with zero attached hydrogens (tertiary/aromatic N) is 3. The summed E-state index contributed by atoms with van der Waals surface area (Å²) in [5.41, 5.74) is 1.95. The molecule has 9 nitrogen and oxygen atoms in total. The van der Waals surface area contributed by atoms with Crippen LogP contribution in [0.1, 0.15) is 27.3 Å². The minimum absolute atomic E-state index is 0.0114. The number of sulfonamides is 1. The Morgan fingerprint density at radius 2 is 1.71 bits per heavy atom. The summed E-state index contributed by atoms with van der Waals surface area (Å²) in [6.07, 6.45) is 2.38. The Morgan fingerprint density at radius 1 is 1.00 bits per heavy atom. The largest absolute Gasteiger partial charge is 0.477 e. The number of hydrogen-bond acceptors (Lipinski definition) is 7. The molecule has 10 heteroatoms. The number of ether oxygens (including phenoxy) is 1. The van der Waals surface area contributed by atoms with E-state index in [4.69, 9.17) is 4.74 Å². The van der Waals surface area contributed by atoms with Crippen molar-refractivity contribution in [2.45, 2.75) is 24.3 Å². The number of benzene rings is 2. The van der Waals surface area contributed by atoms with E-state index >= 15 is 0 Å². The number of aromatic nitrogens is 2. The van der Waals surface area contributed by atoms with Gasteiger partial charge >= 0.3 is 5.97 Å². The lowest BCUT2D eigenvalue weighted by Gasteiger charge is -2.26. The Kier molecular flexibility index (Phi) is 7.51. The van der Waals surface area contributed by atoms with E-state index in [-0.39, 0.29) is 16.3 Å². The number of aromatic carboxylic acids is 1. The molecule has 2 aromatic carbocycles. The van der Waals surface area contributed by atoms with Gasteiger partial charge in [-0.15, -0.1) is 0 Å². The number of carboxylic acids is 1. The summed E-state index contributed by atoms with van der Waals surface area (Å²) in [4.78, 5) is 20.5. The summed E-state index contributed by atoms with van der Waals surface area (Å²) in [5.74, 6) is -0.321. The molecule has 0 saturated carbocycles. The molecule has 0 spiro atoms. The van der Waals surface area contributed by atoms with Crippen LogP contribution in [0.5, 0.6) is 0 Å². The Morgan fingerprint density at radius 3 is 2.38 bits per heavy atom. The first-order valence-corrected chi connectivity index (χ1v) is 12.4. The number of carboxylic acid groups (broad SMARTS) is 1. The van der Waals surface area contributed by atoms with Crippen molar-refractivity contribution in [1.82, 2.24) is 14.3 Å². The fourth-order valence-corrected chi connectivity index (χ4v) is 5.04. The van der Waals surface area contributed by atoms with Crippen LogP contribution in [0, 0.1) is 0 Å². The van der Waals surface area contributed by atoms with Gasteiger partial charge in [-0.05, 0) is 29.7 Å². The van der Waals surface area contributed by atoms with Gasteiger partial charge in [0.05, 0.1) is 18.1 Å². The average molecular weight is 483 g/mol. The van der Waals surface area contributed by atoms with Gasteiger partial charge < -0.3 is 15.2 Å². The summed E-state index contributed by atoms with van der Waals surface area (Å²) in [7, 11) is -3.53. The summed E-state index contributed by atoms with van der Waals surface area (Å²) in [6.45, 7) is 1.96. The van der Waals surface area contributed by atoms with E-state index in [2.05, 4.69) is 15.3 Å². The van der Waals surface area contributed by atoms with Crippen molar-refractivity contribution in [3.63, 3.8) is 0 Å². The predicted molar refractivity (Wildman–Crippen MR) is 126 cm³/mol. The van der Waals surface area contributed by atoms with Crippen molar-refractivity contribution >= 4 is 21.8 Å². The van der Waals surface area contributed by atoms with Crippen LogP contribution in [-0.4, -0.2) is 60.1 Å². The Balaban J connectivity index is 1.42. The van der Waals surface area contributed by atoms with Crippen LogP contribution >= 0.6 is 0 Å². The van der Waals surface area contributed by atoms with Crippen molar-refractivity contribution in [2.75, 3.05) is 31.6 Å². The molecule has 4 rings (SSSR count). The fraction of sp³-hybridized carbons (Fsp3) is 0.292. The third-order valence-electron chi connectivity index (χ3n) is 5.54. The zero-order valence-electron chi connectivity index (χ0n) is 18.6. The lowest BCUT2D eigenvalue weighted by molar-refractivity contribution is 0.0697. The highest BCUT2D eigenvalue weighted by Crippen LogP contribution is 2.19. The first-order valence-electron chi connectivity index (χ1n) is 11.0. The smallest absolute Gasteiger partial charge is 0.341 e. The predicted octanol–water partition coefficient (Wildman–Crippen LogP) is 2.59. The minimum atomic E-state index is -3.53. The first-order chi connectivity index (χ1) is 16.4. The van der Waals surface area contributed by atoms with Crippen LogP contribution in [-0.2, 0) is 34.1 Å². The molecule has 3 aromatic rings. The molecule has 0 unspecified atom stereocenters. The molecule has 178 valence electrons.